The average molecular weight is 364 g/mol. The standard InChI is InChI=1S/C22H20O5/c1-22(2)11-10-14-19-15(12-16(24-3)20(14)27-22)17(23)21(25-4)18(26-19)13-8-6-5-7-9-13/h5-12H,1-4H3. The summed E-state index contributed by atoms with van der Waals surface area (Å²) in [6.45, 7) is 3.91. The third kappa shape index (κ3) is 2.76. The summed E-state index contributed by atoms with van der Waals surface area (Å²) in [6.07, 6.45) is 3.84. The van der Waals surface area contributed by atoms with Gasteiger partial charge in [0, 0.05) is 5.56 Å². The molecule has 1 aliphatic heterocycles. The predicted molar refractivity (Wildman–Crippen MR) is 105 cm³/mol. The summed E-state index contributed by atoms with van der Waals surface area (Å²) in [7, 11) is 3.01. The molecule has 5 nitrogen and oxygen atoms in total. The normalized spacial score (nSPS) is 14.5. The summed E-state index contributed by atoms with van der Waals surface area (Å²) in [4.78, 5) is 13.1. The van der Waals surface area contributed by atoms with E-state index >= 15 is 0 Å². The molecular formula is C22H20O5. The van der Waals surface area contributed by atoms with Crippen LogP contribution in [0.3, 0.4) is 0 Å². The Morgan fingerprint density at radius 3 is 2.44 bits per heavy atom. The Kier molecular flexibility index (Phi) is 3.95. The Morgan fingerprint density at radius 2 is 1.78 bits per heavy atom. The Balaban J connectivity index is 2.11. The number of hydrogen-bond donors (Lipinski definition) is 0. The van der Waals surface area contributed by atoms with Gasteiger partial charge in [-0.15, -0.1) is 0 Å². The van der Waals surface area contributed by atoms with Crippen LogP contribution >= 0.6 is 0 Å². The molecule has 0 aliphatic carbocycles. The molecule has 0 amide bonds. The van der Waals surface area contributed by atoms with Crippen LogP contribution in [0.4, 0.5) is 0 Å². The van der Waals surface area contributed by atoms with Crippen molar-refractivity contribution in [3.05, 3.63) is 58.3 Å². The van der Waals surface area contributed by atoms with Crippen LogP contribution in [0.1, 0.15) is 19.4 Å². The summed E-state index contributed by atoms with van der Waals surface area (Å²) >= 11 is 0. The largest absolute Gasteiger partial charge is 0.493 e. The maximum atomic E-state index is 13.1. The van der Waals surface area contributed by atoms with E-state index in [0.717, 1.165) is 5.56 Å². The molecule has 0 atom stereocenters. The molecule has 3 aromatic rings. The molecule has 0 N–H and O–H groups in total. The Morgan fingerprint density at radius 1 is 1.04 bits per heavy atom. The lowest BCUT2D eigenvalue weighted by molar-refractivity contribution is 0.152. The molecule has 2 aromatic carbocycles. The fourth-order valence-electron chi connectivity index (χ4n) is 3.25. The average Bonchev–Trinajstić information content (AvgIpc) is 2.67. The molecule has 2 heterocycles. The van der Waals surface area contributed by atoms with Gasteiger partial charge in [-0.25, -0.2) is 0 Å². The van der Waals surface area contributed by atoms with Crippen LogP contribution in [0.5, 0.6) is 17.2 Å². The van der Waals surface area contributed by atoms with E-state index in [1.165, 1.54) is 7.11 Å². The summed E-state index contributed by atoms with van der Waals surface area (Å²) in [6, 6.07) is 11.1. The molecule has 0 spiro atoms. The Bertz CT molecular complexity index is 1110. The number of ether oxygens (including phenoxy) is 3. The highest BCUT2D eigenvalue weighted by molar-refractivity contribution is 5.93. The lowest BCUT2D eigenvalue weighted by Gasteiger charge is -2.29. The number of hydrogen-bond acceptors (Lipinski definition) is 5. The summed E-state index contributed by atoms with van der Waals surface area (Å²) in [5, 5.41) is 0.384. The van der Waals surface area contributed by atoms with Gasteiger partial charge < -0.3 is 18.6 Å². The van der Waals surface area contributed by atoms with Crippen molar-refractivity contribution in [3.8, 4) is 28.6 Å². The monoisotopic (exact) mass is 364 g/mol. The van der Waals surface area contributed by atoms with E-state index < -0.39 is 5.60 Å². The number of fused-ring (bicyclic) bond motifs is 3. The molecular weight excluding hydrogens is 344 g/mol. The van der Waals surface area contributed by atoms with Crippen molar-refractivity contribution in [3.63, 3.8) is 0 Å². The van der Waals surface area contributed by atoms with Crippen molar-refractivity contribution >= 4 is 17.0 Å². The summed E-state index contributed by atoms with van der Waals surface area (Å²) in [5.74, 6) is 1.60. The Labute approximate surface area is 156 Å². The van der Waals surface area contributed by atoms with Gasteiger partial charge in [-0.2, -0.15) is 0 Å². The molecule has 4 rings (SSSR count). The van der Waals surface area contributed by atoms with Crippen LogP contribution in [0, 0.1) is 0 Å². The van der Waals surface area contributed by atoms with Gasteiger partial charge in [0.25, 0.3) is 0 Å². The molecule has 1 aliphatic rings. The summed E-state index contributed by atoms with van der Waals surface area (Å²) in [5.41, 5.74) is 1.15. The predicted octanol–water partition coefficient (Wildman–Crippen LogP) is 4.66. The zero-order valence-electron chi connectivity index (χ0n) is 15.7. The smallest absolute Gasteiger partial charge is 0.235 e. The maximum Gasteiger partial charge on any atom is 0.235 e. The first-order valence-corrected chi connectivity index (χ1v) is 8.64. The zero-order chi connectivity index (χ0) is 19.2. The highest BCUT2D eigenvalue weighted by Gasteiger charge is 2.29. The zero-order valence-corrected chi connectivity index (χ0v) is 15.7. The third-order valence-electron chi connectivity index (χ3n) is 4.57. The minimum absolute atomic E-state index is 0.164. The summed E-state index contributed by atoms with van der Waals surface area (Å²) < 4.78 is 23.2. The van der Waals surface area contributed by atoms with Gasteiger partial charge in [-0.3, -0.25) is 4.79 Å². The van der Waals surface area contributed by atoms with Crippen molar-refractivity contribution in [2.45, 2.75) is 19.4 Å². The van der Waals surface area contributed by atoms with Gasteiger partial charge in [0.1, 0.15) is 11.2 Å². The minimum atomic E-state index is -0.483. The van der Waals surface area contributed by atoms with Gasteiger partial charge in [0.05, 0.1) is 25.2 Å². The first-order valence-electron chi connectivity index (χ1n) is 8.64. The van der Waals surface area contributed by atoms with Crippen molar-refractivity contribution in [1.82, 2.24) is 0 Å². The highest BCUT2D eigenvalue weighted by atomic mass is 16.5. The van der Waals surface area contributed by atoms with Crippen molar-refractivity contribution in [2.75, 3.05) is 14.2 Å². The van der Waals surface area contributed by atoms with E-state index in [-0.39, 0.29) is 11.2 Å². The molecule has 0 saturated carbocycles. The van der Waals surface area contributed by atoms with Crippen molar-refractivity contribution in [1.29, 1.82) is 0 Å². The fraction of sp³-hybridized carbons (Fsp3) is 0.227. The molecule has 138 valence electrons. The van der Waals surface area contributed by atoms with Crippen LogP contribution in [-0.2, 0) is 0 Å². The van der Waals surface area contributed by atoms with Crippen LogP contribution in [0.25, 0.3) is 28.4 Å². The van der Waals surface area contributed by atoms with Crippen molar-refractivity contribution in [2.24, 2.45) is 0 Å². The van der Waals surface area contributed by atoms with E-state index in [0.29, 0.717) is 33.8 Å². The third-order valence-corrected chi connectivity index (χ3v) is 4.57. The molecule has 1 aromatic heterocycles. The first kappa shape index (κ1) is 17.2. The first-order chi connectivity index (χ1) is 12.9. The molecule has 27 heavy (non-hydrogen) atoms. The molecule has 0 unspecified atom stereocenters. The van der Waals surface area contributed by atoms with Crippen LogP contribution in [-0.4, -0.2) is 19.8 Å². The van der Waals surface area contributed by atoms with Gasteiger partial charge >= 0.3 is 0 Å². The Hall–Kier alpha value is -3.21. The highest BCUT2D eigenvalue weighted by Crippen LogP contribution is 2.44. The molecule has 0 bridgehead atoms. The fourth-order valence-corrected chi connectivity index (χ4v) is 3.25. The second-order valence-corrected chi connectivity index (χ2v) is 6.90. The molecule has 0 radical (unpaired) electrons. The molecule has 5 heteroatoms. The number of methoxy groups -OCH3 is 2. The van der Waals surface area contributed by atoms with E-state index in [4.69, 9.17) is 18.6 Å². The number of benzene rings is 2. The van der Waals surface area contributed by atoms with Gasteiger partial charge in [-0.1, -0.05) is 30.3 Å². The van der Waals surface area contributed by atoms with E-state index in [9.17, 15) is 4.79 Å². The lowest BCUT2D eigenvalue weighted by atomic mass is 9.99. The second kappa shape index (κ2) is 6.20. The van der Waals surface area contributed by atoms with Gasteiger partial charge in [-0.05, 0) is 32.1 Å². The van der Waals surface area contributed by atoms with Crippen LogP contribution in [0.2, 0.25) is 0 Å². The SMILES string of the molecule is COc1cc2c(=O)c(OC)c(-c3ccccc3)oc2c2c1OC(C)(C)C=C2. The molecule has 0 saturated heterocycles. The van der Waals surface area contributed by atoms with Crippen LogP contribution in [0.15, 0.2) is 51.7 Å². The number of rotatable bonds is 3. The molecule has 0 fully saturated rings. The lowest BCUT2D eigenvalue weighted by Crippen LogP contribution is -2.28. The van der Waals surface area contributed by atoms with E-state index in [1.54, 1.807) is 13.2 Å². The van der Waals surface area contributed by atoms with Gasteiger partial charge in [0.15, 0.2) is 17.3 Å². The minimum Gasteiger partial charge on any atom is -0.493 e. The van der Waals surface area contributed by atoms with Gasteiger partial charge in [0.2, 0.25) is 11.2 Å². The maximum absolute atomic E-state index is 13.1. The topological polar surface area (TPSA) is 57.9 Å². The van der Waals surface area contributed by atoms with Crippen molar-refractivity contribution < 1.29 is 18.6 Å². The van der Waals surface area contributed by atoms with E-state index in [1.807, 2.05) is 56.3 Å². The second-order valence-electron chi connectivity index (χ2n) is 6.90. The van der Waals surface area contributed by atoms with E-state index in [2.05, 4.69) is 0 Å². The quantitative estimate of drug-likeness (QED) is 0.676. The van der Waals surface area contributed by atoms with Crippen LogP contribution < -0.4 is 19.6 Å².